The summed E-state index contributed by atoms with van der Waals surface area (Å²) in [6.07, 6.45) is 2.56. The van der Waals surface area contributed by atoms with Crippen LogP contribution < -0.4 is 5.32 Å². The van der Waals surface area contributed by atoms with Crippen molar-refractivity contribution < 1.29 is 19.7 Å². The van der Waals surface area contributed by atoms with Gasteiger partial charge < -0.3 is 25.2 Å². The Hall–Kier alpha value is -1.63. The lowest BCUT2D eigenvalue weighted by molar-refractivity contribution is 0.00361. The summed E-state index contributed by atoms with van der Waals surface area (Å²) in [5.74, 6) is 0. The Morgan fingerprint density at radius 3 is 2.76 bits per heavy atom. The van der Waals surface area contributed by atoms with E-state index in [0.717, 1.165) is 37.9 Å². The van der Waals surface area contributed by atoms with Crippen molar-refractivity contribution in [2.24, 2.45) is 5.41 Å². The number of aliphatic hydroxyl groups is 2. The van der Waals surface area contributed by atoms with Crippen LogP contribution in [0.3, 0.4) is 0 Å². The third-order valence-corrected chi connectivity index (χ3v) is 5.43. The third-order valence-electron chi connectivity index (χ3n) is 5.43. The van der Waals surface area contributed by atoms with Crippen LogP contribution in [0, 0.1) is 5.41 Å². The lowest BCUT2D eigenvalue weighted by atomic mass is 9.90. The van der Waals surface area contributed by atoms with Crippen molar-refractivity contribution in [1.82, 2.24) is 10.2 Å². The van der Waals surface area contributed by atoms with Crippen LogP contribution in [0.2, 0.25) is 0 Å². The maximum absolute atomic E-state index is 11.7. The Morgan fingerprint density at radius 1 is 1.32 bits per heavy atom. The quantitative estimate of drug-likeness (QED) is 0.696. The molecule has 3 N–H and O–H groups in total. The first-order valence-corrected chi connectivity index (χ1v) is 9.10. The molecule has 6 nitrogen and oxygen atoms in total. The van der Waals surface area contributed by atoms with Gasteiger partial charge in [-0.25, -0.2) is 4.79 Å². The molecule has 0 unspecified atom stereocenters. The minimum Gasteiger partial charge on any atom is -0.445 e. The minimum atomic E-state index is -0.613. The summed E-state index contributed by atoms with van der Waals surface area (Å²) >= 11 is 0. The number of benzene rings is 1. The molecule has 1 saturated heterocycles. The molecular formula is C19H28N2O4. The first-order valence-electron chi connectivity index (χ1n) is 9.10. The van der Waals surface area contributed by atoms with E-state index in [-0.39, 0.29) is 24.7 Å². The molecule has 0 radical (unpaired) electrons. The molecule has 1 aliphatic carbocycles. The van der Waals surface area contributed by atoms with Crippen LogP contribution >= 0.6 is 0 Å². The van der Waals surface area contributed by atoms with Gasteiger partial charge in [0, 0.05) is 19.6 Å². The van der Waals surface area contributed by atoms with E-state index in [0.29, 0.717) is 13.0 Å². The van der Waals surface area contributed by atoms with Gasteiger partial charge in [-0.3, -0.25) is 0 Å². The summed E-state index contributed by atoms with van der Waals surface area (Å²) in [6.45, 7) is 2.80. The first kappa shape index (κ1) is 18.2. The number of ether oxygens (including phenoxy) is 1. The van der Waals surface area contributed by atoms with E-state index in [1.54, 1.807) is 0 Å². The molecule has 1 aromatic carbocycles. The molecule has 1 aromatic rings. The zero-order valence-electron chi connectivity index (χ0n) is 14.6. The Morgan fingerprint density at radius 2 is 2.08 bits per heavy atom. The Bertz CT molecular complexity index is 562. The SMILES string of the molecule is O=C(NC[C@@H](O)CCN1CCC2(CC2)[C@H](O)C1)OCc1ccccc1. The average molecular weight is 348 g/mol. The molecule has 1 saturated carbocycles. The zero-order chi connectivity index (χ0) is 17.7. The molecule has 138 valence electrons. The highest BCUT2D eigenvalue weighted by atomic mass is 16.5. The topological polar surface area (TPSA) is 82.0 Å². The predicted octanol–water partition coefficient (Wildman–Crippen LogP) is 1.51. The fourth-order valence-electron chi connectivity index (χ4n) is 3.43. The summed E-state index contributed by atoms with van der Waals surface area (Å²) in [5, 5.41) is 22.8. The van der Waals surface area contributed by atoms with Gasteiger partial charge in [-0.15, -0.1) is 0 Å². The summed E-state index contributed by atoms with van der Waals surface area (Å²) < 4.78 is 5.11. The smallest absolute Gasteiger partial charge is 0.407 e. The van der Waals surface area contributed by atoms with Gasteiger partial charge in [-0.2, -0.15) is 0 Å². The van der Waals surface area contributed by atoms with Crippen molar-refractivity contribution in [2.75, 3.05) is 26.2 Å². The van der Waals surface area contributed by atoms with Gasteiger partial charge in [0.2, 0.25) is 0 Å². The maximum atomic E-state index is 11.7. The number of carbonyl (C=O) groups is 1. The largest absolute Gasteiger partial charge is 0.445 e. The fraction of sp³-hybridized carbons (Fsp3) is 0.632. The summed E-state index contributed by atoms with van der Waals surface area (Å²) in [6, 6.07) is 9.47. The lowest BCUT2D eigenvalue weighted by Crippen LogP contribution is -2.46. The number of carbonyl (C=O) groups excluding carboxylic acids is 1. The highest BCUT2D eigenvalue weighted by molar-refractivity contribution is 5.67. The number of β-amino-alcohol motifs (C(OH)–C–C–N with tert-alkyl or cyclic N) is 1. The number of alkyl carbamates (subject to hydrolysis) is 1. The van der Waals surface area contributed by atoms with Gasteiger partial charge in [0.25, 0.3) is 0 Å². The molecule has 6 heteroatoms. The second-order valence-electron chi connectivity index (χ2n) is 7.31. The van der Waals surface area contributed by atoms with Gasteiger partial charge >= 0.3 is 6.09 Å². The number of nitrogens with one attached hydrogen (secondary N) is 1. The van der Waals surface area contributed by atoms with Crippen molar-refractivity contribution in [3.63, 3.8) is 0 Å². The number of aliphatic hydroxyl groups excluding tert-OH is 2. The molecule has 1 amide bonds. The van der Waals surface area contributed by atoms with Crippen LogP contribution in [-0.4, -0.2) is 59.6 Å². The van der Waals surface area contributed by atoms with Gasteiger partial charge in [0.1, 0.15) is 6.61 Å². The van der Waals surface area contributed by atoms with Crippen LogP contribution in [-0.2, 0) is 11.3 Å². The van der Waals surface area contributed by atoms with Crippen molar-refractivity contribution >= 4 is 6.09 Å². The van der Waals surface area contributed by atoms with Crippen molar-refractivity contribution in [3.8, 4) is 0 Å². The summed E-state index contributed by atoms with van der Waals surface area (Å²) in [5.41, 5.74) is 1.13. The molecule has 1 aliphatic heterocycles. The van der Waals surface area contributed by atoms with Crippen molar-refractivity contribution in [1.29, 1.82) is 0 Å². The van der Waals surface area contributed by atoms with Crippen molar-refractivity contribution in [2.45, 2.75) is 44.5 Å². The van der Waals surface area contributed by atoms with E-state index in [2.05, 4.69) is 10.2 Å². The summed E-state index contributed by atoms with van der Waals surface area (Å²) in [7, 11) is 0. The van der Waals surface area contributed by atoms with Crippen LogP contribution in [0.1, 0.15) is 31.2 Å². The van der Waals surface area contributed by atoms with Crippen LogP contribution in [0.15, 0.2) is 30.3 Å². The van der Waals surface area contributed by atoms with Crippen molar-refractivity contribution in [3.05, 3.63) is 35.9 Å². The van der Waals surface area contributed by atoms with Crippen LogP contribution in [0.25, 0.3) is 0 Å². The Kier molecular flexibility index (Phi) is 5.93. The zero-order valence-corrected chi connectivity index (χ0v) is 14.6. The molecule has 1 heterocycles. The molecule has 2 atom stereocenters. The third kappa shape index (κ3) is 5.17. The fourth-order valence-corrected chi connectivity index (χ4v) is 3.43. The number of piperidine rings is 1. The van der Waals surface area contributed by atoms with E-state index in [4.69, 9.17) is 4.74 Å². The molecule has 0 aromatic heterocycles. The molecule has 2 fully saturated rings. The number of nitrogens with zero attached hydrogens (tertiary/aromatic N) is 1. The standard InChI is InChI=1S/C19H28N2O4/c22-16(6-10-21-11-9-19(7-8-19)17(23)13-21)12-20-18(24)25-14-15-4-2-1-3-5-15/h1-5,16-17,22-23H,6-14H2,(H,20,24)/t16-,17+/m0/s1. The molecule has 2 aliphatic rings. The number of rotatable bonds is 7. The molecule has 3 rings (SSSR count). The summed E-state index contributed by atoms with van der Waals surface area (Å²) in [4.78, 5) is 13.9. The second kappa shape index (κ2) is 8.17. The first-order chi connectivity index (χ1) is 12.1. The van der Waals surface area contributed by atoms with E-state index in [1.807, 2.05) is 30.3 Å². The number of hydrogen-bond acceptors (Lipinski definition) is 5. The van der Waals surface area contributed by atoms with Gasteiger partial charge in [0.15, 0.2) is 0 Å². The van der Waals surface area contributed by atoms with Crippen LogP contribution in [0.5, 0.6) is 0 Å². The molecule has 25 heavy (non-hydrogen) atoms. The van der Waals surface area contributed by atoms with Gasteiger partial charge in [-0.05, 0) is 43.2 Å². The highest BCUT2D eigenvalue weighted by Crippen LogP contribution is 2.53. The number of hydrogen-bond donors (Lipinski definition) is 3. The molecule has 0 bridgehead atoms. The average Bonchev–Trinajstić information content (AvgIpc) is 3.41. The molecular weight excluding hydrogens is 320 g/mol. The van der Waals surface area contributed by atoms with Gasteiger partial charge in [0.05, 0.1) is 12.2 Å². The van der Waals surface area contributed by atoms with Crippen LogP contribution in [0.4, 0.5) is 4.79 Å². The Balaban J connectivity index is 1.27. The maximum Gasteiger partial charge on any atom is 0.407 e. The van der Waals surface area contributed by atoms with E-state index >= 15 is 0 Å². The van der Waals surface area contributed by atoms with E-state index in [9.17, 15) is 15.0 Å². The van der Waals surface area contributed by atoms with E-state index < -0.39 is 12.2 Å². The van der Waals surface area contributed by atoms with E-state index in [1.165, 1.54) is 0 Å². The predicted molar refractivity (Wildman–Crippen MR) is 94.0 cm³/mol. The lowest BCUT2D eigenvalue weighted by Gasteiger charge is -2.36. The number of amides is 1. The monoisotopic (exact) mass is 348 g/mol. The molecule has 1 spiro atoms. The highest BCUT2D eigenvalue weighted by Gasteiger charge is 2.50. The minimum absolute atomic E-state index is 0.175. The Labute approximate surface area is 148 Å². The second-order valence-corrected chi connectivity index (χ2v) is 7.31. The van der Waals surface area contributed by atoms with Gasteiger partial charge in [-0.1, -0.05) is 30.3 Å². The normalized spacial score (nSPS) is 23.2. The number of likely N-dealkylation sites (tertiary alicyclic amines) is 1.